The number of halogens is 3. The maximum Gasteiger partial charge on any atom is 0.430 e. The van der Waals surface area contributed by atoms with Crippen LogP contribution in [-0.2, 0) is 14.6 Å². The Morgan fingerprint density at radius 1 is 1.36 bits per heavy atom. The molecule has 0 saturated heterocycles. The van der Waals surface area contributed by atoms with E-state index >= 15 is 0 Å². The normalized spacial score (nSPS) is 13.6. The van der Waals surface area contributed by atoms with Crippen LogP contribution in [0.4, 0.5) is 13.2 Å². The maximum atomic E-state index is 12.7. The fourth-order valence-corrected chi connectivity index (χ4v) is 3.35. The quantitative estimate of drug-likeness (QED) is 0.663. The van der Waals surface area contributed by atoms with Gasteiger partial charge in [0.2, 0.25) is 0 Å². The number of sulfone groups is 1. The van der Waals surface area contributed by atoms with Gasteiger partial charge in [-0.2, -0.15) is 13.2 Å². The first-order valence-electron chi connectivity index (χ1n) is 7.33. The average molecular weight is 434 g/mol. The lowest BCUT2D eigenvalue weighted by atomic mass is 10.2. The Bertz CT molecular complexity index is 1060. The van der Waals surface area contributed by atoms with Crippen LogP contribution in [-0.4, -0.2) is 54.4 Å². The van der Waals surface area contributed by atoms with Gasteiger partial charge in [-0.3, -0.25) is 9.79 Å². The van der Waals surface area contributed by atoms with E-state index in [0.717, 1.165) is 17.6 Å². The number of carboxylic acids is 1. The van der Waals surface area contributed by atoms with Crippen LogP contribution in [0.5, 0.6) is 0 Å². The zero-order valence-electron chi connectivity index (χ0n) is 14.1. The molecule has 150 valence electrons. The summed E-state index contributed by atoms with van der Waals surface area (Å²) in [7, 11) is -3.48. The number of benzene rings is 1. The number of aromatic nitrogens is 2. The van der Waals surface area contributed by atoms with E-state index in [0.29, 0.717) is 11.6 Å². The van der Waals surface area contributed by atoms with Gasteiger partial charge in [0.05, 0.1) is 10.6 Å². The van der Waals surface area contributed by atoms with Crippen molar-refractivity contribution in [2.45, 2.75) is 11.1 Å². The van der Waals surface area contributed by atoms with Crippen LogP contribution in [0.3, 0.4) is 0 Å². The molecule has 28 heavy (non-hydrogen) atoms. The summed E-state index contributed by atoms with van der Waals surface area (Å²) in [6, 6.07) is 5.75. The number of nitrogens with zero attached hydrogens (tertiary/aromatic N) is 3. The summed E-state index contributed by atoms with van der Waals surface area (Å²) in [5, 5.41) is 16.4. The number of alkyl halides is 3. The Labute approximate surface area is 161 Å². The van der Waals surface area contributed by atoms with Crippen molar-refractivity contribution in [3.8, 4) is 10.6 Å². The molecule has 2 rings (SSSR count). The number of carboxylic acid groups (broad SMARTS) is 1. The van der Waals surface area contributed by atoms with Gasteiger partial charge in [-0.25, -0.2) is 8.42 Å². The number of aliphatic carboxylic acids is 1. The first-order chi connectivity index (χ1) is 12.9. The smallest absolute Gasteiger partial charge is 0.430 e. The molecular weight excluding hydrogens is 421 g/mol. The molecule has 0 saturated carbocycles. The Morgan fingerprint density at radius 3 is 2.61 bits per heavy atom. The van der Waals surface area contributed by atoms with Crippen LogP contribution in [0.15, 0.2) is 45.9 Å². The molecule has 0 amide bonds. The largest absolute Gasteiger partial charge is 0.480 e. The minimum absolute atomic E-state index is 0.0303. The Kier molecular flexibility index (Phi) is 6.19. The molecule has 1 heterocycles. The fourth-order valence-electron chi connectivity index (χ4n) is 1.86. The zero-order valence-corrected chi connectivity index (χ0v) is 15.8. The van der Waals surface area contributed by atoms with E-state index in [1.54, 1.807) is 6.07 Å². The molecule has 3 N–H and O–H groups in total. The van der Waals surface area contributed by atoms with Gasteiger partial charge >= 0.3 is 12.1 Å². The van der Waals surface area contributed by atoms with Crippen molar-refractivity contribution in [1.82, 2.24) is 10.2 Å². The summed E-state index contributed by atoms with van der Waals surface area (Å²) in [5.41, 5.74) is 3.47. The highest BCUT2D eigenvalue weighted by Crippen LogP contribution is 2.27. The molecule has 0 aliphatic rings. The fraction of sp³-hybridized carbons (Fsp3) is 0.200. The number of carbonyl (C=O) groups is 1. The summed E-state index contributed by atoms with van der Waals surface area (Å²) in [4.78, 5) is 14.3. The predicted octanol–water partition coefficient (Wildman–Crippen LogP) is 1.89. The third-order valence-electron chi connectivity index (χ3n) is 3.16. The van der Waals surface area contributed by atoms with Crippen molar-refractivity contribution in [2.24, 2.45) is 10.7 Å². The molecule has 1 aromatic carbocycles. The SMILES string of the molecule is CS(=O)(=O)c1cccc(-c2nnc(C(/C=C(\N)C(F)(F)F)=NCC(=O)O)s2)c1. The van der Waals surface area contributed by atoms with Gasteiger partial charge in [-0.15, -0.1) is 10.2 Å². The van der Waals surface area contributed by atoms with Crippen LogP contribution in [0, 0.1) is 0 Å². The number of hydrogen-bond donors (Lipinski definition) is 2. The van der Waals surface area contributed by atoms with Gasteiger partial charge in [0.25, 0.3) is 0 Å². The summed E-state index contributed by atoms with van der Waals surface area (Å²) in [6.07, 6.45) is -3.33. The van der Waals surface area contributed by atoms with Crippen LogP contribution in [0.2, 0.25) is 0 Å². The van der Waals surface area contributed by atoms with Crippen molar-refractivity contribution < 1.29 is 31.5 Å². The second kappa shape index (κ2) is 8.06. The maximum absolute atomic E-state index is 12.7. The summed E-state index contributed by atoms with van der Waals surface area (Å²) < 4.78 is 61.4. The summed E-state index contributed by atoms with van der Waals surface area (Å²) in [6.45, 7) is -0.796. The highest BCUT2D eigenvalue weighted by molar-refractivity contribution is 7.90. The minimum atomic E-state index is -4.83. The lowest BCUT2D eigenvalue weighted by molar-refractivity contribution is -0.135. The first kappa shape index (κ1) is 21.5. The van der Waals surface area contributed by atoms with Crippen molar-refractivity contribution in [2.75, 3.05) is 12.8 Å². The molecular formula is C15H13F3N4O4S2. The van der Waals surface area contributed by atoms with E-state index in [1.165, 1.54) is 18.2 Å². The lowest BCUT2D eigenvalue weighted by Gasteiger charge is -2.06. The van der Waals surface area contributed by atoms with E-state index in [-0.39, 0.29) is 14.9 Å². The van der Waals surface area contributed by atoms with Crippen LogP contribution in [0.25, 0.3) is 10.6 Å². The molecule has 2 aromatic rings. The topological polar surface area (TPSA) is 136 Å². The van der Waals surface area contributed by atoms with E-state index in [4.69, 9.17) is 10.8 Å². The first-order valence-corrected chi connectivity index (χ1v) is 10.0. The minimum Gasteiger partial charge on any atom is -0.480 e. The van der Waals surface area contributed by atoms with Crippen molar-refractivity contribution in [1.29, 1.82) is 0 Å². The molecule has 0 spiro atoms. The van der Waals surface area contributed by atoms with Crippen molar-refractivity contribution in [3.63, 3.8) is 0 Å². The monoisotopic (exact) mass is 434 g/mol. The summed E-state index contributed by atoms with van der Waals surface area (Å²) >= 11 is 0.809. The third-order valence-corrected chi connectivity index (χ3v) is 5.26. The average Bonchev–Trinajstić information content (AvgIpc) is 3.06. The van der Waals surface area contributed by atoms with Crippen LogP contribution < -0.4 is 5.73 Å². The number of allylic oxidation sites excluding steroid dienone is 2. The van der Waals surface area contributed by atoms with Gasteiger partial charge in [0, 0.05) is 11.8 Å². The summed E-state index contributed by atoms with van der Waals surface area (Å²) in [5.74, 6) is -1.36. The number of rotatable bonds is 6. The second-order valence-electron chi connectivity index (χ2n) is 5.41. The molecule has 0 fully saturated rings. The number of aliphatic imine (C=N–C) groups is 1. The van der Waals surface area contributed by atoms with Gasteiger partial charge in [-0.05, 0) is 18.2 Å². The predicted molar refractivity (Wildman–Crippen MR) is 95.8 cm³/mol. The van der Waals surface area contributed by atoms with Crippen molar-refractivity contribution in [3.05, 3.63) is 41.0 Å². The third kappa shape index (κ3) is 5.60. The Morgan fingerprint density at radius 2 is 2.04 bits per heavy atom. The van der Waals surface area contributed by atoms with Gasteiger partial charge in [-0.1, -0.05) is 23.5 Å². The molecule has 1 aromatic heterocycles. The Balaban J connectivity index is 2.47. The number of nitrogens with two attached hydrogens (primary N) is 1. The lowest BCUT2D eigenvalue weighted by Crippen LogP contribution is -2.21. The molecule has 13 heteroatoms. The van der Waals surface area contributed by atoms with E-state index in [1.807, 2.05) is 0 Å². The van der Waals surface area contributed by atoms with Gasteiger partial charge in [0.15, 0.2) is 14.8 Å². The molecule has 0 aliphatic carbocycles. The van der Waals surface area contributed by atoms with Gasteiger partial charge < -0.3 is 10.8 Å². The van der Waals surface area contributed by atoms with E-state index in [9.17, 15) is 26.4 Å². The van der Waals surface area contributed by atoms with Crippen LogP contribution in [0.1, 0.15) is 5.01 Å². The molecule has 8 nitrogen and oxygen atoms in total. The van der Waals surface area contributed by atoms with Gasteiger partial charge in [0.1, 0.15) is 17.2 Å². The Hall–Kier alpha value is -2.80. The molecule has 0 radical (unpaired) electrons. The molecule has 0 bridgehead atoms. The van der Waals surface area contributed by atoms with E-state index in [2.05, 4.69) is 15.2 Å². The highest BCUT2D eigenvalue weighted by Gasteiger charge is 2.32. The van der Waals surface area contributed by atoms with Crippen LogP contribution >= 0.6 is 11.3 Å². The second-order valence-corrected chi connectivity index (χ2v) is 8.40. The molecule has 0 aliphatic heterocycles. The van der Waals surface area contributed by atoms with Crippen molar-refractivity contribution >= 4 is 32.9 Å². The standard InChI is InChI=1S/C15H13F3N4O4S2/c1-28(25,26)9-4-2-3-8(5-9)13-21-22-14(27-13)10(20-7-12(23)24)6-11(19)15(16,17)18/h2-6H,7,19H2,1H3,(H,23,24)/b11-6-,20-10?. The highest BCUT2D eigenvalue weighted by atomic mass is 32.2. The molecule has 0 atom stereocenters. The number of hydrogen-bond acceptors (Lipinski definition) is 8. The van der Waals surface area contributed by atoms with E-state index < -0.39 is 39.9 Å². The zero-order chi connectivity index (χ0) is 21.1. The molecule has 0 unspecified atom stereocenters.